The lowest BCUT2D eigenvalue weighted by molar-refractivity contribution is 0.863. The summed E-state index contributed by atoms with van der Waals surface area (Å²) in [7, 11) is 0. The number of aryl methyl sites for hydroxylation is 3. The molecule has 1 aromatic carbocycles. The second-order valence-electron chi connectivity index (χ2n) is 5.53. The number of hydrogen-bond acceptors (Lipinski definition) is 5. The number of halogens is 2. The Balaban J connectivity index is 1.85. The minimum Gasteiger partial charge on any atom is -0.245 e. The molecule has 6 nitrogen and oxygen atoms in total. The van der Waals surface area contributed by atoms with Gasteiger partial charge < -0.3 is 0 Å². The normalized spacial score (nSPS) is 11.2. The Labute approximate surface area is 155 Å². The lowest BCUT2D eigenvalue weighted by Gasteiger charge is -2.03. The second-order valence-corrected chi connectivity index (χ2v) is 6.32. The van der Waals surface area contributed by atoms with E-state index in [0.29, 0.717) is 21.7 Å². The van der Waals surface area contributed by atoms with E-state index in [-0.39, 0.29) is 0 Å². The monoisotopic (exact) mass is 374 g/mol. The van der Waals surface area contributed by atoms with Crippen LogP contribution in [0.2, 0.25) is 10.2 Å². The highest BCUT2D eigenvalue weighted by Gasteiger charge is 2.13. The fourth-order valence-corrected chi connectivity index (χ4v) is 2.87. The molecule has 0 atom stereocenters. The molecule has 3 aromatic rings. The number of rotatable bonds is 4. The number of nitrogens with zero attached hydrogens (tertiary/aromatic N) is 5. The van der Waals surface area contributed by atoms with Crippen LogP contribution in [-0.2, 0) is 0 Å². The minimum absolute atomic E-state index is 0.435. The molecule has 2 heterocycles. The van der Waals surface area contributed by atoms with E-state index < -0.39 is 0 Å². The molecule has 0 radical (unpaired) electrons. The van der Waals surface area contributed by atoms with Crippen molar-refractivity contribution >= 4 is 35.4 Å². The van der Waals surface area contributed by atoms with Gasteiger partial charge in [0.05, 0.1) is 23.2 Å². The average molecular weight is 375 g/mol. The van der Waals surface area contributed by atoms with Crippen molar-refractivity contribution in [1.82, 2.24) is 19.7 Å². The summed E-state index contributed by atoms with van der Waals surface area (Å²) in [6.45, 7) is 5.67. The molecule has 0 fully saturated rings. The first-order valence-corrected chi connectivity index (χ1v) is 8.32. The molecule has 0 saturated heterocycles. The number of anilines is 1. The van der Waals surface area contributed by atoms with E-state index in [1.54, 1.807) is 23.0 Å². The summed E-state index contributed by atoms with van der Waals surface area (Å²) in [4.78, 5) is 8.54. The molecule has 0 amide bonds. The number of nitrogens with one attached hydrogen (secondary N) is 1. The van der Waals surface area contributed by atoms with E-state index in [9.17, 15) is 0 Å². The molecule has 0 aliphatic carbocycles. The Morgan fingerprint density at radius 1 is 1.08 bits per heavy atom. The zero-order valence-corrected chi connectivity index (χ0v) is 15.5. The second kappa shape index (κ2) is 7.21. The smallest absolute Gasteiger partial charge is 0.243 e. The third kappa shape index (κ3) is 3.97. The van der Waals surface area contributed by atoms with Gasteiger partial charge in [-0.25, -0.2) is 20.1 Å². The zero-order chi connectivity index (χ0) is 18.0. The highest BCUT2D eigenvalue weighted by Crippen LogP contribution is 2.23. The highest BCUT2D eigenvalue weighted by atomic mass is 35.5. The fraction of sp³-hybridized carbons (Fsp3) is 0.176. The van der Waals surface area contributed by atoms with Crippen LogP contribution in [0.1, 0.15) is 22.6 Å². The SMILES string of the molecule is Cc1cc(C)nc(NN=Cc2c(C)nn(-c3cccc(Cl)c3)c2Cl)n1. The first kappa shape index (κ1) is 17.4. The molecule has 0 spiro atoms. The van der Waals surface area contributed by atoms with Gasteiger partial charge in [0.2, 0.25) is 5.95 Å². The van der Waals surface area contributed by atoms with Crippen LogP contribution in [0.25, 0.3) is 5.69 Å². The third-order valence-corrected chi connectivity index (χ3v) is 4.04. The van der Waals surface area contributed by atoms with Crippen LogP contribution in [0, 0.1) is 20.8 Å². The van der Waals surface area contributed by atoms with Crippen LogP contribution in [0.15, 0.2) is 35.4 Å². The van der Waals surface area contributed by atoms with Crippen LogP contribution in [0.4, 0.5) is 5.95 Å². The van der Waals surface area contributed by atoms with E-state index in [2.05, 4.69) is 25.6 Å². The lowest BCUT2D eigenvalue weighted by atomic mass is 10.3. The van der Waals surface area contributed by atoms with Crippen molar-refractivity contribution in [3.05, 3.63) is 63.2 Å². The first-order valence-electron chi connectivity index (χ1n) is 7.56. The van der Waals surface area contributed by atoms with Crippen molar-refractivity contribution in [2.45, 2.75) is 20.8 Å². The Kier molecular flexibility index (Phi) is 5.01. The highest BCUT2D eigenvalue weighted by molar-refractivity contribution is 6.32. The summed E-state index contributed by atoms with van der Waals surface area (Å²) in [5.74, 6) is 0.435. The van der Waals surface area contributed by atoms with E-state index >= 15 is 0 Å². The lowest BCUT2D eigenvalue weighted by Crippen LogP contribution is -2.00. The standard InChI is InChI=1S/C17H16Cl2N6/c1-10-7-11(2)22-17(21-10)23-20-9-15-12(3)24-25(16(15)19)14-6-4-5-13(18)8-14/h4-9H,1-3H3,(H,21,22,23). The molecule has 0 bridgehead atoms. The molecule has 8 heteroatoms. The van der Waals surface area contributed by atoms with Gasteiger partial charge in [0.1, 0.15) is 5.15 Å². The molecule has 2 aromatic heterocycles. The van der Waals surface area contributed by atoms with E-state index in [1.807, 2.05) is 39.0 Å². The molecule has 3 rings (SSSR count). The summed E-state index contributed by atoms with van der Waals surface area (Å²) >= 11 is 12.5. The number of hydrogen-bond donors (Lipinski definition) is 1. The molecule has 0 aliphatic heterocycles. The van der Waals surface area contributed by atoms with Crippen molar-refractivity contribution in [3.63, 3.8) is 0 Å². The molecular weight excluding hydrogens is 359 g/mol. The quantitative estimate of drug-likeness (QED) is 0.544. The predicted molar refractivity (Wildman–Crippen MR) is 101 cm³/mol. The Bertz CT molecular complexity index is 928. The van der Waals surface area contributed by atoms with Crippen molar-refractivity contribution in [1.29, 1.82) is 0 Å². The maximum atomic E-state index is 6.46. The van der Waals surface area contributed by atoms with Crippen LogP contribution in [0.3, 0.4) is 0 Å². The van der Waals surface area contributed by atoms with Crippen molar-refractivity contribution in [3.8, 4) is 5.69 Å². The van der Waals surface area contributed by atoms with Gasteiger partial charge in [-0.3, -0.25) is 0 Å². The van der Waals surface area contributed by atoms with Crippen LogP contribution in [0.5, 0.6) is 0 Å². The molecule has 1 N–H and O–H groups in total. The Hall–Kier alpha value is -2.44. The van der Waals surface area contributed by atoms with E-state index in [0.717, 1.165) is 22.8 Å². The number of aromatic nitrogens is 4. The summed E-state index contributed by atoms with van der Waals surface area (Å²) in [5.41, 5.74) is 6.79. The Morgan fingerprint density at radius 3 is 2.48 bits per heavy atom. The van der Waals surface area contributed by atoms with Crippen LogP contribution < -0.4 is 5.43 Å². The maximum Gasteiger partial charge on any atom is 0.243 e. The molecule has 0 unspecified atom stereocenters. The number of hydrazone groups is 1. The zero-order valence-electron chi connectivity index (χ0n) is 14.0. The van der Waals surface area contributed by atoms with Gasteiger partial charge in [-0.05, 0) is 45.0 Å². The first-order chi connectivity index (χ1) is 11.9. The van der Waals surface area contributed by atoms with Crippen molar-refractivity contribution < 1.29 is 0 Å². The van der Waals surface area contributed by atoms with Crippen molar-refractivity contribution in [2.24, 2.45) is 5.10 Å². The average Bonchev–Trinajstić information content (AvgIpc) is 2.82. The maximum absolute atomic E-state index is 6.46. The molecule has 25 heavy (non-hydrogen) atoms. The van der Waals surface area contributed by atoms with E-state index in [4.69, 9.17) is 23.2 Å². The molecule has 0 aliphatic rings. The fourth-order valence-electron chi connectivity index (χ4n) is 2.37. The van der Waals surface area contributed by atoms with Gasteiger partial charge in [0.25, 0.3) is 0 Å². The van der Waals surface area contributed by atoms with Gasteiger partial charge in [-0.2, -0.15) is 10.2 Å². The predicted octanol–water partition coefficient (Wildman–Crippen LogP) is 4.34. The van der Waals surface area contributed by atoms with Gasteiger partial charge in [-0.15, -0.1) is 0 Å². The summed E-state index contributed by atoms with van der Waals surface area (Å²) in [6, 6.07) is 9.21. The van der Waals surface area contributed by atoms with Crippen LogP contribution >= 0.6 is 23.2 Å². The Morgan fingerprint density at radius 2 is 1.80 bits per heavy atom. The molecule has 128 valence electrons. The topological polar surface area (TPSA) is 68.0 Å². The largest absolute Gasteiger partial charge is 0.245 e. The van der Waals surface area contributed by atoms with Gasteiger partial charge >= 0.3 is 0 Å². The van der Waals surface area contributed by atoms with Crippen LogP contribution in [-0.4, -0.2) is 26.0 Å². The minimum atomic E-state index is 0.435. The number of benzene rings is 1. The van der Waals surface area contributed by atoms with Gasteiger partial charge in [-0.1, -0.05) is 29.3 Å². The van der Waals surface area contributed by atoms with E-state index in [1.165, 1.54) is 0 Å². The molecular formula is C17H16Cl2N6. The van der Waals surface area contributed by atoms with Gasteiger partial charge in [0, 0.05) is 16.4 Å². The molecule has 0 saturated carbocycles. The van der Waals surface area contributed by atoms with Crippen molar-refractivity contribution in [2.75, 3.05) is 5.43 Å². The summed E-state index contributed by atoms with van der Waals surface area (Å²) in [5, 5.41) is 9.69. The van der Waals surface area contributed by atoms with Gasteiger partial charge in [0.15, 0.2) is 0 Å². The summed E-state index contributed by atoms with van der Waals surface area (Å²) < 4.78 is 1.62. The third-order valence-electron chi connectivity index (χ3n) is 3.44. The summed E-state index contributed by atoms with van der Waals surface area (Å²) in [6.07, 6.45) is 1.60.